The normalized spacial score (nSPS) is 27.8. The molecule has 0 radical (unpaired) electrons. The number of nitro groups is 1. The lowest BCUT2D eigenvalue weighted by Crippen LogP contribution is -2.36. The Morgan fingerprint density at radius 1 is 1.62 bits per heavy atom. The summed E-state index contributed by atoms with van der Waals surface area (Å²) in [7, 11) is 0. The first kappa shape index (κ1) is 9.65. The van der Waals surface area contributed by atoms with E-state index in [9.17, 15) is 15.2 Å². The van der Waals surface area contributed by atoms with E-state index in [0.717, 1.165) is 12.2 Å². The van der Waals surface area contributed by atoms with E-state index < -0.39 is 22.9 Å². The molecule has 0 aromatic heterocycles. The monoisotopic (exact) mass is 189 g/mol. The van der Waals surface area contributed by atoms with Gasteiger partial charge in [0.1, 0.15) is 6.42 Å². The van der Waals surface area contributed by atoms with Gasteiger partial charge < -0.3 is 10.2 Å². The maximum Gasteiger partial charge on any atom is 0.266 e. The average molecular weight is 189 g/mol. The van der Waals surface area contributed by atoms with Gasteiger partial charge in [-0.25, -0.2) is 5.26 Å². The van der Waals surface area contributed by atoms with Crippen LogP contribution in [0.3, 0.4) is 0 Å². The van der Waals surface area contributed by atoms with Gasteiger partial charge in [0.15, 0.2) is 5.76 Å². The summed E-state index contributed by atoms with van der Waals surface area (Å²) in [6, 6.07) is 0. The summed E-state index contributed by atoms with van der Waals surface area (Å²) in [6.45, 7) is 0. The number of allylic oxidation sites excluding steroid dienone is 2. The molecule has 0 spiro atoms. The van der Waals surface area contributed by atoms with Crippen molar-refractivity contribution in [2.45, 2.75) is 12.2 Å². The van der Waals surface area contributed by atoms with Gasteiger partial charge in [-0.05, 0) is 6.08 Å². The van der Waals surface area contributed by atoms with Gasteiger partial charge >= 0.3 is 0 Å². The Kier molecular flexibility index (Phi) is 2.32. The smallest absolute Gasteiger partial charge is 0.266 e. The molecule has 0 unspecified atom stereocenters. The number of aliphatic hydroxyl groups excluding tert-OH is 1. The van der Waals surface area contributed by atoms with Crippen LogP contribution in [0.1, 0.15) is 6.42 Å². The van der Waals surface area contributed by atoms with Crippen molar-refractivity contribution in [2.75, 3.05) is 0 Å². The first-order valence-corrected chi connectivity index (χ1v) is 3.29. The van der Waals surface area contributed by atoms with Crippen molar-refractivity contribution in [3.8, 4) is 0 Å². The van der Waals surface area contributed by atoms with Crippen molar-refractivity contribution in [1.82, 2.24) is 0 Å². The third-order valence-electron chi connectivity index (χ3n) is 1.64. The van der Waals surface area contributed by atoms with Gasteiger partial charge in [-0.1, -0.05) is 0 Å². The van der Waals surface area contributed by atoms with Crippen LogP contribution in [0, 0.1) is 10.1 Å². The fraction of sp³-hybridized carbons (Fsp3) is 0.333. The molecular weight excluding hydrogens is 182 g/mol. The van der Waals surface area contributed by atoms with E-state index in [0.29, 0.717) is 0 Å². The molecule has 1 atom stereocenters. The van der Waals surface area contributed by atoms with Crippen LogP contribution in [-0.2, 0) is 4.89 Å². The Hall–Kier alpha value is -1.44. The quantitative estimate of drug-likeness (QED) is 0.247. The van der Waals surface area contributed by atoms with Crippen LogP contribution in [-0.4, -0.2) is 26.2 Å². The molecule has 0 heterocycles. The molecule has 1 aliphatic rings. The van der Waals surface area contributed by atoms with E-state index >= 15 is 0 Å². The van der Waals surface area contributed by atoms with Gasteiger partial charge in [-0.3, -0.25) is 10.1 Å². The van der Waals surface area contributed by atoms with E-state index in [1.54, 1.807) is 0 Å². The topological polar surface area (TPSA) is 113 Å². The average Bonchev–Trinajstić information content (AvgIpc) is 2.09. The van der Waals surface area contributed by atoms with Crippen molar-refractivity contribution in [1.29, 1.82) is 0 Å². The van der Waals surface area contributed by atoms with Gasteiger partial charge in [0.05, 0.1) is 4.92 Å². The highest BCUT2D eigenvalue weighted by Crippen LogP contribution is 2.28. The lowest BCUT2D eigenvalue weighted by atomic mass is 10.0. The highest BCUT2D eigenvalue weighted by molar-refractivity contribution is 5.22. The molecule has 0 amide bonds. The Bertz CT molecular complexity index is 295. The summed E-state index contributed by atoms with van der Waals surface area (Å²) >= 11 is 0. The second kappa shape index (κ2) is 3.13. The predicted octanol–water partition coefficient (Wildman–Crippen LogP) is 0.171. The molecule has 0 aliphatic heterocycles. The molecule has 1 rings (SSSR count). The second-order valence-electron chi connectivity index (χ2n) is 2.52. The Labute approximate surface area is 72.3 Å². The number of rotatable bonds is 2. The molecule has 3 N–H and O–H groups in total. The molecule has 1 aliphatic carbocycles. The number of aliphatic hydroxyl groups is 2. The van der Waals surface area contributed by atoms with Crippen LogP contribution in [0.5, 0.6) is 0 Å². The summed E-state index contributed by atoms with van der Waals surface area (Å²) in [6.07, 6.45) is 1.29. The molecule has 13 heavy (non-hydrogen) atoms. The maximum atomic E-state index is 10.2. The molecule has 0 aromatic rings. The van der Waals surface area contributed by atoms with E-state index in [4.69, 9.17) is 10.4 Å². The van der Waals surface area contributed by atoms with Gasteiger partial charge in [-0.2, -0.15) is 4.89 Å². The van der Waals surface area contributed by atoms with Crippen LogP contribution in [0.25, 0.3) is 0 Å². The fourth-order valence-corrected chi connectivity index (χ4v) is 0.905. The van der Waals surface area contributed by atoms with Gasteiger partial charge in [0.2, 0.25) is 0 Å². The SMILES string of the molecule is O=[N+]([O-])C1=CC=C(O)[C@@](O)(OO)C1. The van der Waals surface area contributed by atoms with E-state index in [1.165, 1.54) is 0 Å². The Morgan fingerprint density at radius 2 is 2.23 bits per heavy atom. The standard InChI is InChI=1S/C6H7NO6/c8-5-2-1-4(7(10)11)3-6(5,9)13-12/h1-2,8-9,12H,3H2/t6-/m0/s1. The maximum absolute atomic E-state index is 10.2. The molecule has 0 fully saturated rings. The van der Waals surface area contributed by atoms with Gasteiger partial charge in [-0.15, -0.1) is 0 Å². The van der Waals surface area contributed by atoms with Crippen LogP contribution in [0.2, 0.25) is 0 Å². The first-order valence-electron chi connectivity index (χ1n) is 3.29. The summed E-state index contributed by atoms with van der Waals surface area (Å²) < 4.78 is 0. The largest absolute Gasteiger partial charge is 0.507 e. The van der Waals surface area contributed by atoms with E-state index in [1.807, 2.05) is 0 Å². The molecule has 7 nitrogen and oxygen atoms in total. The first-order chi connectivity index (χ1) is 5.99. The number of hydrogen-bond donors (Lipinski definition) is 3. The van der Waals surface area contributed by atoms with Crippen molar-refractivity contribution >= 4 is 0 Å². The minimum Gasteiger partial charge on any atom is -0.507 e. The third-order valence-corrected chi connectivity index (χ3v) is 1.64. The zero-order valence-corrected chi connectivity index (χ0v) is 6.38. The highest BCUT2D eigenvalue weighted by atomic mass is 17.1. The summed E-state index contributed by atoms with van der Waals surface area (Å²) in [5, 5.41) is 36.7. The molecule has 7 heteroatoms. The van der Waals surface area contributed by atoms with Crippen LogP contribution in [0.4, 0.5) is 0 Å². The zero-order valence-electron chi connectivity index (χ0n) is 6.38. The van der Waals surface area contributed by atoms with Crippen molar-refractivity contribution < 1.29 is 25.3 Å². The molecule has 0 bridgehead atoms. The van der Waals surface area contributed by atoms with Gasteiger partial charge in [0, 0.05) is 6.08 Å². The Balaban J connectivity index is 2.96. The van der Waals surface area contributed by atoms with Crippen molar-refractivity contribution in [2.24, 2.45) is 0 Å². The second-order valence-corrected chi connectivity index (χ2v) is 2.52. The molecule has 0 aromatic carbocycles. The molecular formula is C6H7NO6. The lowest BCUT2D eigenvalue weighted by molar-refractivity contribution is -0.448. The minimum absolute atomic E-state index is 0.366. The number of hydrogen-bond acceptors (Lipinski definition) is 6. The lowest BCUT2D eigenvalue weighted by Gasteiger charge is -2.23. The number of nitrogens with zero attached hydrogens (tertiary/aromatic N) is 1. The van der Waals surface area contributed by atoms with Gasteiger partial charge in [0.25, 0.3) is 11.5 Å². The summed E-state index contributed by atoms with van der Waals surface area (Å²) in [5.41, 5.74) is -0.366. The molecule has 0 saturated carbocycles. The summed E-state index contributed by atoms with van der Waals surface area (Å²) in [5.74, 6) is -3.09. The van der Waals surface area contributed by atoms with Crippen LogP contribution in [0.15, 0.2) is 23.6 Å². The zero-order chi connectivity index (χ0) is 10.1. The minimum atomic E-state index is -2.41. The Morgan fingerprint density at radius 3 is 2.69 bits per heavy atom. The summed E-state index contributed by atoms with van der Waals surface area (Å²) in [4.78, 5) is 13.1. The fourth-order valence-electron chi connectivity index (χ4n) is 0.905. The third kappa shape index (κ3) is 1.66. The molecule has 0 saturated heterocycles. The van der Waals surface area contributed by atoms with Crippen molar-refractivity contribution in [3.63, 3.8) is 0 Å². The van der Waals surface area contributed by atoms with Crippen LogP contribution < -0.4 is 0 Å². The van der Waals surface area contributed by atoms with Crippen molar-refractivity contribution in [3.05, 3.63) is 33.7 Å². The van der Waals surface area contributed by atoms with E-state index in [-0.39, 0.29) is 5.70 Å². The van der Waals surface area contributed by atoms with E-state index in [2.05, 4.69) is 4.89 Å². The highest BCUT2D eigenvalue weighted by Gasteiger charge is 2.41. The predicted molar refractivity (Wildman–Crippen MR) is 39.1 cm³/mol. The van der Waals surface area contributed by atoms with Crippen LogP contribution >= 0.6 is 0 Å². The molecule has 72 valence electrons.